The molecule has 1 amide bonds. The van der Waals surface area contributed by atoms with E-state index in [1.807, 2.05) is 18.2 Å². The lowest BCUT2D eigenvalue weighted by molar-refractivity contribution is 0.102. The fraction of sp³-hybridized carbons (Fsp3) is 0.381. The summed E-state index contributed by atoms with van der Waals surface area (Å²) in [4.78, 5) is 15.0. The highest BCUT2D eigenvalue weighted by molar-refractivity contribution is 7.89. The highest BCUT2D eigenvalue weighted by Crippen LogP contribution is 2.31. The summed E-state index contributed by atoms with van der Waals surface area (Å²) in [5.41, 5.74) is 3.32. The Morgan fingerprint density at radius 3 is 2.52 bits per heavy atom. The van der Waals surface area contributed by atoms with Crippen LogP contribution in [0.2, 0.25) is 5.02 Å². The largest absolute Gasteiger partial charge is 0.371 e. The molecule has 0 spiro atoms. The Hall–Kier alpha value is -2.09. The van der Waals surface area contributed by atoms with Crippen LogP contribution in [-0.4, -0.2) is 44.8 Å². The maximum absolute atomic E-state index is 12.8. The minimum atomic E-state index is -3.76. The lowest BCUT2D eigenvalue weighted by atomic mass is 10.1. The van der Waals surface area contributed by atoms with Gasteiger partial charge in [-0.2, -0.15) is 4.31 Å². The van der Waals surface area contributed by atoms with Crippen LogP contribution in [0, 0.1) is 0 Å². The van der Waals surface area contributed by atoms with E-state index in [1.54, 1.807) is 13.8 Å². The number of benzene rings is 2. The molecule has 29 heavy (non-hydrogen) atoms. The van der Waals surface area contributed by atoms with E-state index in [2.05, 4.69) is 17.1 Å². The summed E-state index contributed by atoms with van der Waals surface area (Å²) in [5, 5.41) is 2.97. The molecule has 1 aliphatic heterocycles. The fourth-order valence-corrected chi connectivity index (χ4v) is 5.56. The van der Waals surface area contributed by atoms with Gasteiger partial charge in [0.05, 0.1) is 5.02 Å². The first-order chi connectivity index (χ1) is 13.8. The summed E-state index contributed by atoms with van der Waals surface area (Å²) in [6.45, 7) is 8.17. The van der Waals surface area contributed by atoms with Crippen LogP contribution in [0.5, 0.6) is 0 Å². The lowest BCUT2D eigenvalue weighted by Gasteiger charge is -2.20. The maximum atomic E-state index is 12.8. The Balaban J connectivity index is 1.88. The van der Waals surface area contributed by atoms with Crippen molar-refractivity contribution in [3.8, 4) is 0 Å². The molecule has 1 N–H and O–H groups in total. The SMILES string of the molecule is CCN1CCc2ccc(NC(=O)c3ccc(Cl)c(S(=O)(=O)N(CC)CC)c3)cc21. The second-order valence-electron chi connectivity index (χ2n) is 6.86. The molecule has 2 aromatic carbocycles. The number of amides is 1. The number of carbonyl (C=O) groups excluding carboxylic acids is 1. The smallest absolute Gasteiger partial charge is 0.255 e. The van der Waals surface area contributed by atoms with Crippen molar-refractivity contribution in [3.63, 3.8) is 0 Å². The molecule has 0 fully saturated rings. The molecule has 3 rings (SSSR count). The molecule has 0 aromatic heterocycles. The molecule has 0 saturated heterocycles. The summed E-state index contributed by atoms with van der Waals surface area (Å²) in [7, 11) is -3.76. The minimum Gasteiger partial charge on any atom is -0.371 e. The van der Waals surface area contributed by atoms with Gasteiger partial charge in [-0.05, 0) is 49.2 Å². The summed E-state index contributed by atoms with van der Waals surface area (Å²) in [5.74, 6) is -0.376. The van der Waals surface area contributed by atoms with Crippen LogP contribution in [-0.2, 0) is 16.4 Å². The molecule has 0 aliphatic carbocycles. The van der Waals surface area contributed by atoms with Crippen molar-refractivity contribution >= 4 is 38.9 Å². The zero-order chi connectivity index (χ0) is 21.2. The third-order valence-electron chi connectivity index (χ3n) is 5.23. The Kier molecular flexibility index (Phi) is 6.51. The van der Waals surface area contributed by atoms with E-state index >= 15 is 0 Å². The number of carbonyl (C=O) groups is 1. The Morgan fingerprint density at radius 2 is 1.86 bits per heavy atom. The molecule has 0 saturated carbocycles. The van der Waals surface area contributed by atoms with Crippen LogP contribution in [0.25, 0.3) is 0 Å². The van der Waals surface area contributed by atoms with E-state index in [-0.39, 0.29) is 21.4 Å². The van der Waals surface area contributed by atoms with E-state index in [9.17, 15) is 13.2 Å². The number of hydrogen-bond acceptors (Lipinski definition) is 4. The number of sulfonamides is 1. The third-order valence-corrected chi connectivity index (χ3v) is 7.76. The molecule has 0 unspecified atom stereocenters. The second kappa shape index (κ2) is 8.73. The number of anilines is 2. The number of likely N-dealkylation sites (N-methyl/N-ethyl adjacent to an activating group) is 1. The number of nitrogens with zero attached hydrogens (tertiary/aromatic N) is 2. The van der Waals surface area contributed by atoms with Gasteiger partial charge in [-0.1, -0.05) is 31.5 Å². The van der Waals surface area contributed by atoms with Crippen molar-refractivity contribution in [1.82, 2.24) is 4.31 Å². The van der Waals surface area contributed by atoms with Gasteiger partial charge >= 0.3 is 0 Å². The second-order valence-corrected chi connectivity index (χ2v) is 9.18. The summed E-state index contributed by atoms with van der Waals surface area (Å²) >= 11 is 6.16. The molecule has 8 heteroatoms. The van der Waals surface area contributed by atoms with E-state index in [0.29, 0.717) is 18.8 Å². The van der Waals surface area contributed by atoms with E-state index in [4.69, 9.17) is 11.6 Å². The average Bonchev–Trinajstić information content (AvgIpc) is 3.11. The molecular formula is C21H26ClN3O3S. The van der Waals surface area contributed by atoms with Gasteiger partial charge in [-0.3, -0.25) is 4.79 Å². The Labute approximate surface area is 177 Å². The molecule has 156 valence electrons. The predicted octanol–water partition coefficient (Wildman–Crippen LogP) is 4.01. The van der Waals surface area contributed by atoms with Crippen LogP contribution < -0.4 is 10.2 Å². The van der Waals surface area contributed by atoms with Crippen LogP contribution in [0.3, 0.4) is 0 Å². The van der Waals surface area contributed by atoms with Gasteiger partial charge in [0.2, 0.25) is 10.0 Å². The average molecular weight is 436 g/mol. The van der Waals surface area contributed by atoms with Crippen molar-refractivity contribution in [2.45, 2.75) is 32.1 Å². The van der Waals surface area contributed by atoms with Gasteiger partial charge in [0.15, 0.2) is 0 Å². The predicted molar refractivity (Wildman–Crippen MR) is 118 cm³/mol. The summed E-state index contributed by atoms with van der Waals surface area (Å²) in [6.07, 6.45) is 1.00. The van der Waals surface area contributed by atoms with E-state index < -0.39 is 10.0 Å². The van der Waals surface area contributed by atoms with Gasteiger partial charge in [0.1, 0.15) is 4.90 Å². The first kappa shape index (κ1) is 21.6. The number of halogens is 1. The van der Waals surface area contributed by atoms with Crippen LogP contribution in [0.1, 0.15) is 36.7 Å². The van der Waals surface area contributed by atoms with Gasteiger partial charge in [-0.15, -0.1) is 0 Å². The zero-order valence-electron chi connectivity index (χ0n) is 16.9. The molecule has 1 aliphatic rings. The molecular weight excluding hydrogens is 410 g/mol. The van der Waals surface area contributed by atoms with E-state index in [1.165, 1.54) is 28.1 Å². The monoisotopic (exact) mass is 435 g/mol. The maximum Gasteiger partial charge on any atom is 0.255 e. The highest BCUT2D eigenvalue weighted by Gasteiger charge is 2.26. The molecule has 0 bridgehead atoms. The number of nitrogens with one attached hydrogen (secondary N) is 1. The first-order valence-electron chi connectivity index (χ1n) is 9.80. The quantitative estimate of drug-likeness (QED) is 0.713. The van der Waals surface area contributed by atoms with Gasteiger partial charge < -0.3 is 10.2 Å². The van der Waals surface area contributed by atoms with Crippen LogP contribution >= 0.6 is 11.6 Å². The van der Waals surface area contributed by atoms with Crippen molar-refractivity contribution in [2.75, 3.05) is 36.4 Å². The lowest BCUT2D eigenvalue weighted by Crippen LogP contribution is -2.31. The standard InChI is InChI=1S/C21H26ClN3O3S/c1-4-24-12-11-15-7-9-17(14-19(15)24)23-21(26)16-8-10-18(22)20(13-16)29(27,28)25(5-2)6-3/h7-10,13-14H,4-6,11-12H2,1-3H3,(H,23,26). The highest BCUT2D eigenvalue weighted by atomic mass is 35.5. The minimum absolute atomic E-state index is 0.0540. The van der Waals surface area contributed by atoms with Crippen molar-refractivity contribution < 1.29 is 13.2 Å². The van der Waals surface area contributed by atoms with Crippen molar-refractivity contribution in [1.29, 1.82) is 0 Å². The number of fused-ring (bicyclic) bond motifs is 1. The molecule has 0 radical (unpaired) electrons. The van der Waals surface area contributed by atoms with Crippen molar-refractivity contribution in [3.05, 3.63) is 52.5 Å². The third kappa shape index (κ3) is 4.27. The molecule has 6 nitrogen and oxygen atoms in total. The topological polar surface area (TPSA) is 69.7 Å². The van der Waals surface area contributed by atoms with Gasteiger partial charge in [-0.25, -0.2) is 8.42 Å². The van der Waals surface area contributed by atoms with Crippen LogP contribution in [0.15, 0.2) is 41.3 Å². The Bertz CT molecular complexity index is 1020. The molecule has 2 aromatic rings. The summed E-state index contributed by atoms with van der Waals surface area (Å²) in [6, 6.07) is 10.2. The Morgan fingerprint density at radius 1 is 1.14 bits per heavy atom. The normalized spacial score (nSPS) is 13.6. The van der Waals surface area contributed by atoms with Crippen LogP contribution in [0.4, 0.5) is 11.4 Å². The first-order valence-corrected chi connectivity index (χ1v) is 11.6. The molecule has 0 atom stereocenters. The van der Waals surface area contributed by atoms with Gasteiger partial charge in [0.25, 0.3) is 5.91 Å². The number of hydrogen-bond donors (Lipinski definition) is 1. The number of rotatable bonds is 7. The zero-order valence-corrected chi connectivity index (χ0v) is 18.5. The van der Waals surface area contributed by atoms with Crippen molar-refractivity contribution in [2.24, 2.45) is 0 Å². The van der Waals surface area contributed by atoms with E-state index in [0.717, 1.165) is 25.2 Å². The van der Waals surface area contributed by atoms with Gasteiger partial charge in [0, 0.05) is 43.1 Å². The summed E-state index contributed by atoms with van der Waals surface area (Å²) < 4.78 is 27.0. The fourth-order valence-electron chi connectivity index (χ4n) is 3.60. The molecule has 1 heterocycles.